The number of rotatable bonds is 4. The van der Waals surface area contributed by atoms with Crippen LogP contribution in [0, 0.1) is 0 Å². The van der Waals surface area contributed by atoms with Crippen LogP contribution in [0.5, 0.6) is 0 Å². The van der Waals surface area contributed by atoms with Gasteiger partial charge in [0.15, 0.2) is 5.82 Å². The first-order valence-corrected chi connectivity index (χ1v) is 5.70. The van der Waals surface area contributed by atoms with Gasteiger partial charge in [0, 0.05) is 39.2 Å². The van der Waals surface area contributed by atoms with E-state index in [1.807, 2.05) is 6.07 Å². The largest absolute Gasteiger partial charge is 0.379 e. The summed E-state index contributed by atoms with van der Waals surface area (Å²) in [6.07, 6.45) is 2.39. The number of carbonyl (C=O) groups excluding carboxylic acids is 1. The molecule has 6 heteroatoms. The summed E-state index contributed by atoms with van der Waals surface area (Å²) < 4.78 is 6.88. The number of isocyanates is 1. The molecule has 1 aromatic heterocycles. The van der Waals surface area contributed by atoms with Gasteiger partial charge in [-0.05, 0) is 0 Å². The summed E-state index contributed by atoms with van der Waals surface area (Å²) in [5, 5.41) is 4.30. The van der Waals surface area contributed by atoms with Gasteiger partial charge in [0.1, 0.15) is 0 Å². The Hall–Kier alpha value is -1.49. The fourth-order valence-corrected chi connectivity index (χ4v) is 1.89. The quantitative estimate of drug-likeness (QED) is 0.556. The third-order valence-corrected chi connectivity index (χ3v) is 2.85. The smallest absolute Gasteiger partial charge is 0.242 e. The molecule has 0 unspecified atom stereocenters. The first kappa shape index (κ1) is 12.0. The minimum Gasteiger partial charge on any atom is -0.379 e. The fraction of sp³-hybridized carbons (Fsp3) is 0.636. The minimum absolute atomic E-state index is 0.553. The highest BCUT2D eigenvalue weighted by molar-refractivity contribution is 5.45. The van der Waals surface area contributed by atoms with Crippen molar-refractivity contribution in [1.82, 2.24) is 14.7 Å². The maximum absolute atomic E-state index is 10.2. The predicted molar refractivity (Wildman–Crippen MR) is 62.0 cm³/mol. The molecule has 0 bridgehead atoms. The Labute approximate surface area is 99.9 Å². The number of aliphatic imine (C=N–C) groups is 1. The van der Waals surface area contributed by atoms with E-state index in [4.69, 9.17) is 4.74 Å². The molecular weight excluding hydrogens is 220 g/mol. The minimum atomic E-state index is 0.553. The third-order valence-electron chi connectivity index (χ3n) is 2.85. The normalized spacial score (nSPS) is 16.8. The van der Waals surface area contributed by atoms with Gasteiger partial charge in [-0.3, -0.25) is 4.90 Å². The van der Waals surface area contributed by atoms with Gasteiger partial charge in [-0.15, -0.1) is 4.99 Å². The van der Waals surface area contributed by atoms with Crippen molar-refractivity contribution >= 4 is 11.9 Å². The van der Waals surface area contributed by atoms with Gasteiger partial charge in [0.25, 0.3) is 0 Å². The van der Waals surface area contributed by atoms with E-state index in [0.29, 0.717) is 5.82 Å². The molecule has 1 aromatic rings. The molecule has 2 heterocycles. The number of nitrogens with zero attached hydrogens (tertiary/aromatic N) is 4. The predicted octanol–water partition coefficient (Wildman–Crippen LogP) is 0.262. The van der Waals surface area contributed by atoms with Crippen LogP contribution in [0.4, 0.5) is 5.82 Å². The summed E-state index contributed by atoms with van der Waals surface area (Å²) in [5.74, 6) is 0.553. The second kappa shape index (κ2) is 5.72. The van der Waals surface area contributed by atoms with Gasteiger partial charge in [-0.2, -0.15) is 5.10 Å². The maximum Gasteiger partial charge on any atom is 0.242 e. The molecule has 1 aliphatic heterocycles. The fourth-order valence-electron chi connectivity index (χ4n) is 1.89. The van der Waals surface area contributed by atoms with Crippen LogP contribution in [0.3, 0.4) is 0 Å². The Kier molecular flexibility index (Phi) is 4.03. The van der Waals surface area contributed by atoms with Crippen molar-refractivity contribution in [2.24, 2.45) is 12.0 Å². The van der Waals surface area contributed by atoms with E-state index in [-0.39, 0.29) is 0 Å². The molecule has 2 rings (SSSR count). The van der Waals surface area contributed by atoms with Crippen molar-refractivity contribution in [2.75, 3.05) is 32.8 Å². The Morgan fingerprint density at radius 1 is 1.53 bits per heavy atom. The average Bonchev–Trinajstić information content (AvgIpc) is 2.70. The Bertz CT molecular complexity index is 417. The molecular formula is C11H16N4O2. The number of hydrogen-bond donors (Lipinski definition) is 0. The lowest BCUT2D eigenvalue weighted by molar-refractivity contribution is 0.0383. The number of aryl methyl sites for hydroxylation is 1. The molecule has 0 aliphatic carbocycles. The lowest BCUT2D eigenvalue weighted by Gasteiger charge is -2.26. The zero-order valence-corrected chi connectivity index (χ0v) is 9.93. The summed E-state index contributed by atoms with van der Waals surface area (Å²) >= 11 is 0. The van der Waals surface area contributed by atoms with Crippen LogP contribution in [-0.2, 0) is 23.0 Å². The zero-order chi connectivity index (χ0) is 12.1. The molecule has 1 aliphatic rings. The van der Waals surface area contributed by atoms with Crippen LogP contribution in [0.1, 0.15) is 5.69 Å². The van der Waals surface area contributed by atoms with E-state index in [9.17, 15) is 4.79 Å². The van der Waals surface area contributed by atoms with Gasteiger partial charge in [-0.25, -0.2) is 9.48 Å². The summed E-state index contributed by atoms with van der Waals surface area (Å²) in [6.45, 7) is 4.54. The molecule has 0 N–H and O–H groups in total. The first-order chi connectivity index (χ1) is 8.29. The number of morpholine rings is 1. The van der Waals surface area contributed by atoms with Gasteiger partial charge in [0.05, 0.1) is 18.9 Å². The Morgan fingerprint density at radius 2 is 2.29 bits per heavy atom. The SMILES string of the molecule is Cn1nc(CCN2CCOCC2)cc1N=C=O. The lowest BCUT2D eigenvalue weighted by Crippen LogP contribution is -2.37. The van der Waals surface area contributed by atoms with Crippen molar-refractivity contribution < 1.29 is 9.53 Å². The van der Waals surface area contributed by atoms with Gasteiger partial charge in [0.2, 0.25) is 6.08 Å². The average molecular weight is 236 g/mol. The lowest BCUT2D eigenvalue weighted by atomic mass is 10.3. The van der Waals surface area contributed by atoms with Crippen LogP contribution in [0.2, 0.25) is 0 Å². The molecule has 6 nitrogen and oxygen atoms in total. The van der Waals surface area contributed by atoms with Crippen LogP contribution >= 0.6 is 0 Å². The topological polar surface area (TPSA) is 59.7 Å². The standard InChI is InChI=1S/C11H16N4O2/c1-14-11(12-9-16)8-10(13-14)2-3-15-4-6-17-7-5-15/h8H,2-7H2,1H3. The van der Waals surface area contributed by atoms with Crippen molar-refractivity contribution in [2.45, 2.75) is 6.42 Å². The second-order valence-corrected chi connectivity index (χ2v) is 4.02. The Morgan fingerprint density at radius 3 is 3.00 bits per heavy atom. The molecule has 0 spiro atoms. The first-order valence-electron chi connectivity index (χ1n) is 5.70. The molecule has 0 aromatic carbocycles. The molecule has 0 radical (unpaired) electrons. The van der Waals surface area contributed by atoms with Crippen LogP contribution in [0.25, 0.3) is 0 Å². The number of aromatic nitrogens is 2. The van der Waals surface area contributed by atoms with Crippen LogP contribution < -0.4 is 0 Å². The molecule has 1 saturated heterocycles. The van der Waals surface area contributed by atoms with E-state index in [0.717, 1.165) is 45.0 Å². The second-order valence-electron chi connectivity index (χ2n) is 4.02. The highest BCUT2D eigenvalue weighted by Crippen LogP contribution is 2.12. The molecule has 1 fully saturated rings. The van der Waals surface area contributed by atoms with E-state index in [1.54, 1.807) is 11.7 Å². The summed E-state index contributed by atoms with van der Waals surface area (Å²) in [6, 6.07) is 1.82. The van der Waals surface area contributed by atoms with E-state index >= 15 is 0 Å². The van der Waals surface area contributed by atoms with Crippen molar-refractivity contribution in [3.63, 3.8) is 0 Å². The van der Waals surface area contributed by atoms with Gasteiger partial charge >= 0.3 is 0 Å². The highest BCUT2D eigenvalue weighted by atomic mass is 16.5. The molecule has 0 atom stereocenters. The van der Waals surface area contributed by atoms with E-state index in [2.05, 4.69) is 15.0 Å². The van der Waals surface area contributed by atoms with Crippen molar-refractivity contribution in [3.05, 3.63) is 11.8 Å². The Balaban J connectivity index is 1.89. The van der Waals surface area contributed by atoms with Crippen molar-refractivity contribution in [3.8, 4) is 0 Å². The number of hydrogen-bond acceptors (Lipinski definition) is 5. The summed E-state index contributed by atoms with van der Waals surface area (Å²) in [5.41, 5.74) is 0.952. The monoisotopic (exact) mass is 236 g/mol. The van der Waals surface area contributed by atoms with Crippen molar-refractivity contribution in [1.29, 1.82) is 0 Å². The van der Waals surface area contributed by atoms with Gasteiger partial charge < -0.3 is 4.74 Å². The number of ether oxygens (including phenoxy) is 1. The molecule has 0 amide bonds. The summed E-state index contributed by atoms with van der Waals surface area (Å²) in [7, 11) is 1.77. The third kappa shape index (κ3) is 3.23. The van der Waals surface area contributed by atoms with E-state index < -0.39 is 0 Å². The summed E-state index contributed by atoms with van der Waals surface area (Å²) in [4.78, 5) is 16.1. The van der Waals surface area contributed by atoms with Crippen LogP contribution in [-0.4, -0.2) is 53.6 Å². The maximum atomic E-state index is 10.2. The molecule has 17 heavy (non-hydrogen) atoms. The van der Waals surface area contributed by atoms with Crippen LogP contribution in [0.15, 0.2) is 11.1 Å². The molecule has 0 saturated carbocycles. The molecule has 92 valence electrons. The van der Waals surface area contributed by atoms with Gasteiger partial charge in [-0.1, -0.05) is 0 Å². The zero-order valence-electron chi connectivity index (χ0n) is 9.93. The van der Waals surface area contributed by atoms with E-state index in [1.165, 1.54) is 6.08 Å². The highest BCUT2D eigenvalue weighted by Gasteiger charge is 2.11.